The molecule has 104 valence electrons. The second-order valence-electron chi connectivity index (χ2n) is 4.01. The summed E-state index contributed by atoms with van der Waals surface area (Å²) in [7, 11) is -9.12. The van der Waals surface area contributed by atoms with Crippen molar-refractivity contribution >= 4 is 15.2 Å². The van der Waals surface area contributed by atoms with Crippen LogP contribution in [0.15, 0.2) is 0 Å². The molecule has 0 saturated heterocycles. The molecule has 0 aromatic carbocycles. The van der Waals surface area contributed by atoms with E-state index in [9.17, 15) is 18.9 Å². The number of nitrogens with zero attached hydrogens (tertiary/aromatic N) is 1. The molecule has 11 heteroatoms. The molecule has 0 spiro atoms. The van der Waals surface area contributed by atoms with Crippen LogP contribution in [-0.2, 0) is 9.13 Å². The molecule has 0 aliphatic carbocycles. The van der Waals surface area contributed by atoms with Crippen LogP contribution in [0, 0.1) is 0 Å². The monoisotopic (exact) mass is 333 g/mol. The van der Waals surface area contributed by atoms with Gasteiger partial charge in [-0.2, -0.15) is 0 Å². The molecule has 7 nitrogen and oxygen atoms in total. The van der Waals surface area contributed by atoms with Crippen LogP contribution in [-0.4, -0.2) is 33.8 Å². The van der Waals surface area contributed by atoms with Gasteiger partial charge in [0.25, 0.3) is 0 Å². The molecule has 2 N–H and O–H groups in total. The van der Waals surface area contributed by atoms with Gasteiger partial charge in [-0.3, -0.25) is 9.46 Å². The summed E-state index contributed by atoms with van der Waals surface area (Å²) in [5, 5.41) is 0. The summed E-state index contributed by atoms with van der Waals surface area (Å²) < 4.78 is 21.4. The molecule has 0 heterocycles. The Labute approximate surface area is 158 Å². The normalized spacial score (nSPS) is 11.9. The Bertz CT molecular complexity index is 284. The average Bonchev–Trinajstić information content (AvgIpc) is 2.06. The molecule has 0 aliphatic heterocycles. The topological polar surface area (TPSA) is 124 Å². The van der Waals surface area contributed by atoms with Crippen LogP contribution in [0.1, 0.15) is 32.6 Å². The van der Waals surface area contributed by atoms with Crippen molar-refractivity contribution in [2.45, 2.75) is 32.6 Å². The predicted molar refractivity (Wildman–Crippen MR) is 60.2 cm³/mol. The van der Waals surface area contributed by atoms with Crippen molar-refractivity contribution in [3.63, 3.8) is 0 Å². The summed E-state index contributed by atoms with van der Waals surface area (Å²) in [6.45, 7) is 2.22. The SMILES string of the molecule is CCCCCCN(CP(=O)([O-])[O-])CP(=O)(O)O.[Na+].[Na+]. The number of hydrogen-bond donors (Lipinski definition) is 2. The minimum atomic E-state index is -4.78. The molecule has 0 bridgehead atoms. The van der Waals surface area contributed by atoms with Gasteiger partial charge < -0.3 is 24.1 Å². The molecule has 0 aromatic heterocycles. The van der Waals surface area contributed by atoms with Crippen LogP contribution in [0.3, 0.4) is 0 Å². The van der Waals surface area contributed by atoms with Gasteiger partial charge in [0, 0.05) is 6.29 Å². The van der Waals surface area contributed by atoms with E-state index in [0.29, 0.717) is 6.42 Å². The first kappa shape index (κ1) is 26.2. The van der Waals surface area contributed by atoms with Gasteiger partial charge in [-0.15, -0.1) is 0 Å². The maximum Gasteiger partial charge on any atom is 1.00 e. The molecule has 0 amide bonds. The summed E-state index contributed by atoms with van der Waals surface area (Å²) in [5.41, 5.74) is 0. The first-order valence-electron chi connectivity index (χ1n) is 5.42. The zero-order chi connectivity index (χ0) is 13.5. The summed E-state index contributed by atoms with van der Waals surface area (Å²) in [5.74, 6) is 0. The summed E-state index contributed by atoms with van der Waals surface area (Å²) in [4.78, 5) is 39.7. The van der Waals surface area contributed by atoms with Crippen LogP contribution in [0.25, 0.3) is 0 Å². The van der Waals surface area contributed by atoms with E-state index >= 15 is 0 Å². The minimum absolute atomic E-state index is 0. The fraction of sp³-hybridized carbons (Fsp3) is 1.00. The summed E-state index contributed by atoms with van der Waals surface area (Å²) in [6.07, 6.45) is 1.91. The van der Waals surface area contributed by atoms with Crippen LogP contribution < -0.4 is 68.9 Å². The molecule has 0 unspecified atom stereocenters. The molecule has 0 saturated carbocycles. The Morgan fingerprint density at radius 2 is 1.53 bits per heavy atom. The third-order valence-electron chi connectivity index (χ3n) is 2.09. The van der Waals surface area contributed by atoms with E-state index < -0.39 is 27.8 Å². The zero-order valence-corrected chi connectivity index (χ0v) is 17.6. The van der Waals surface area contributed by atoms with Gasteiger partial charge in [0.1, 0.15) is 6.29 Å². The zero-order valence-electron chi connectivity index (χ0n) is 11.8. The maximum atomic E-state index is 10.8. The van der Waals surface area contributed by atoms with Crippen LogP contribution in [0.2, 0.25) is 0 Å². The van der Waals surface area contributed by atoms with E-state index in [1.54, 1.807) is 0 Å². The third-order valence-corrected chi connectivity index (χ3v) is 3.60. The first-order chi connectivity index (χ1) is 7.64. The van der Waals surface area contributed by atoms with Crippen molar-refractivity contribution < 1.29 is 87.8 Å². The van der Waals surface area contributed by atoms with E-state index in [0.717, 1.165) is 24.2 Å². The fourth-order valence-corrected chi connectivity index (χ4v) is 3.11. The number of hydrogen-bond acceptors (Lipinski definition) is 5. The van der Waals surface area contributed by atoms with Gasteiger partial charge >= 0.3 is 66.7 Å². The van der Waals surface area contributed by atoms with Gasteiger partial charge in [-0.1, -0.05) is 33.8 Å². The van der Waals surface area contributed by atoms with Crippen molar-refractivity contribution in [2.75, 3.05) is 19.1 Å². The Hall–Kier alpha value is 2.26. The molecule has 0 radical (unpaired) electrons. The Balaban J connectivity index is -0.00000128. The van der Waals surface area contributed by atoms with Gasteiger partial charge in [0.2, 0.25) is 0 Å². The van der Waals surface area contributed by atoms with Crippen LogP contribution >= 0.6 is 15.2 Å². The van der Waals surface area contributed by atoms with Gasteiger partial charge in [-0.05, 0) is 13.0 Å². The van der Waals surface area contributed by atoms with E-state index in [1.807, 2.05) is 6.92 Å². The van der Waals surface area contributed by atoms with Gasteiger partial charge in [0.05, 0.1) is 0 Å². The van der Waals surface area contributed by atoms with Crippen molar-refractivity contribution in [3.05, 3.63) is 0 Å². The Morgan fingerprint density at radius 3 is 1.89 bits per heavy atom. The fourth-order valence-electron chi connectivity index (χ4n) is 1.45. The standard InChI is InChI=1S/C8H21NO6P2.2Na/c1-2-3-4-5-6-9(7-16(10,11)12)8-17(13,14)15;;/h2-8H2,1H3,(H2,10,11,12)(H2,13,14,15);;/q;2*+1/p-2. The first-order valence-corrected chi connectivity index (χ1v) is 8.94. The second kappa shape index (κ2) is 12.8. The van der Waals surface area contributed by atoms with Gasteiger partial charge in [0.15, 0.2) is 0 Å². The molecule has 19 heavy (non-hydrogen) atoms. The molecule has 0 fully saturated rings. The second-order valence-corrected chi connectivity index (χ2v) is 7.13. The number of rotatable bonds is 9. The van der Waals surface area contributed by atoms with E-state index in [-0.39, 0.29) is 65.7 Å². The maximum absolute atomic E-state index is 10.8. The summed E-state index contributed by atoms with van der Waals surface area (Å²) >= 11 is 0. The van der Waals surface area contributed by atoms with Gasteiger partial charge in [-0.25, -0.2) is 0 Å². The van der Waals surface area contributed by atoms with Crippen molar-refractivity contribution in [1.82, 2.24) is 4.90 Å². The molecule has 0 aromatic rings. The molecule has 0 aliphatic rings. The smallest absolute Gasteiger partial charge is 0.810 e. The Morgan fingerprint density at radius 1 is 1.00 bits per heavy atom. The predicted octanol–water partition coefficient (Wildman–Crippen LogP) is -6.12. The number of unbranched alkanes of at least 4 members (excludes halogenated alkanes) is 3. The van der Waals surface area contributed by atoms with E-state index in [2.05, 4.69) is 0 Å². The third kappa shape index (κ3) is 20.3. The van der Waals surface area contributed by atoms with Crippen molar-refractivity contribution in [1.29, 1.82) is 0 Å². The largest absolute Gasteiger partial charge is 1.00 e. The van der Waals surface area contributed by atoms with Crippen molar-refractivity contribution in [2.24, 2.45) is 0 Å². The molecular formula is C8H19NNa2O6P2. The average molecular weight is 333 g/mol. The quantitative estimate of drug-likeness (QED) is 0.244. The van der Waals surface area contributed by atoms with E-state index in [4.69, 9.17) is 9.79 Å². The Kier molecular flexibility index (Phi) is 17.6. The van der Waals surface area contributed by atoms with E-state index in [1.165, 1.54) is 0 Å². The molecular weight excluding hydrogens is 314 g/mol. The minimum Gasteiger partial charge on any atom is -0.810 e. The molecule has 0 rings (SSSR count). The molecule has 0 atom stereocenters. The van der Waals surface area contributed by atoms with Crippen molar-refractivity contribution in [3.8, 4) is 0 Å². The van der Waals surface area contributed by atoms with Crippen LogP contribution in [0.4, 0.5) is 0 Å². The van der Waals surface area contributed by atoms with Crippen LogP contribution in [0.5, 0.6) is 0 Å². The summed E-state index contributed by atoms with van der Waals surface area (Å²) in [6, 6.07) is 0.